The van der Waals surface area contributed by atoms with Crippen LogP contribution < -0.4 is 0 Å². The van der Waals surface area contributed by atoms with Crippen molar-refractivity contribution in [3.05, 3.63) is 131 Å². The average molecular weight is 935 g/mol. The van der Waals surface area contributed by atoms with Crippen LogP contribution in [0.1, 0.15) is 141 Å². The SMILES string of the molecule is CC(C)(C)c1ccc(-c2cccc3[cH-]c(CC4CCCCC4)cc23)cc1.CC(C)(C)c1ccc(-c2cccc3[cH-]c(CC4CCCCC4)cc23)cc1.CCC[Si]C.[Cl][Zr+2][Cl]. The molecule has 2 aliphatic rings. The monoisotopic (exact) mass is 932 g/mol. The van der Waals surface area contributed by atoms with Crippen LogP contribution in [0.3, 0.4) is 0 Å². The van der Waals surface area contributed by atoms with E-state index in [1.165, 1.54) is 156 Å². The number of rotatable bonds is 8. The molecule has 4 heteroatoms. The Hall–Kier alpha value is -2.22. The summed E-state index contributed by atoms with van der Waals surface area (Å²) in [7, 11) is 11.0. The maximum atomic E-state index is 4.93. The molecule has 6 aromatic rings. The maximum absolute atomic E-state index is 4.93. The molecule has 6 aromatic carbocycles. The van der Waals surface area contributed by atoms with Crippen LogP contribution in [0.2, 0.25) is 12.6 Å². The van der Waals surface area contributed by atoms with Crippen molar-refractivity contribution in [2.75, 3.05) is 0 Å². The summed E-state index contributed by atoms with van der Waals surface area (Å²) < 4.78 is 0. The van der Waals surface area contributed by atoms with Crippen LogP contribution in [0, 0.1) is 11.8 Å². The normalized spacial score (nSPS) is 15.0. The van der Waals surface area contributed by atoms with Gasteiger partial charge in [-0.3, -0.25) is 0 Å². The summed E-state index contributed by atoms with van der Waals surface area (Å²) in [5, 5.41) is 5.63. The van der Waals surface area contributed by atoms with Gasteiger partial charge < -0.3 is 0 Å². The zero-order valence-corrected chi connectivity index (χ0v) is 43.2. The van der Waals surface area contributed by atoms with Gasteiger partial charge in [-0.15, -0.1) is 69.1 Å². The van der Waals surface area contributed by atoms with E-state index in [2.05, 4.69) is 164 Å². The van der Waals surface area contributed by atoms with Crippen molar-refractivity contribution in [1.82, 2.24) is 0 Å². The van der Waals surface area contributed by atoms with Gasteiger partial charge in [0.2, 0.25) is 0 Å². The van der Waals surface area contributed by atoms with Crippen LogP contribution in [-0.4, -0.2) is 9.52 Å². The third-order valence-electron chi connectivity index (χ3n) is 12.7. The quantitative estimate of drug-likeness (QED) is 0.105. The molecular weight excluding hydrogens is 863 g/mol. The molecule has 8 rings (SSSR count). The fourth-order valence-corrected chi connectivity index (χ4v) is 9.83. The molecule has 0 nitrogen and oxygen atoms in total. The Morgan fingerprint density at radius 2 is 0.933 bits per heavy atom. The second kappa shape index (κ2) is 24.0. The number of halogens is 2. The van der Waals surface area contributed by atoms with Crippen LogP contribution in [0.5, 0.6) is 0 Å². The van der Waals surface area contributed by atoms with Gasteiger partial charge in [0.05, 0.1) is 0 Å². The Labute approximate surface area is 386 Å². The predicted octanol–water partition coefficient (Wildman–Crippen LogP) is 18.2. The zero-order valence-electron chi connectivity index (χ0n) is 38.2. The van der Waals surface area contributed by atoms with Gasteiger partial charge in [-0.25, -0.2) is 0 Å². The van der Waals surface area contributed by atoms with Gasteiger partial charge in [-0.05, 0) is 57.8 Å². The number of benzene rings is 4. The summed E-state index contributed by atoms with van der Waals surface area (Å²) >= 11 is -0.826. The first-order valence-corrected chi connectivity index (χ1v) is 31.1. The van der Waals surface area contributed by atoms with E-state index in [0.29, 0.717) is 0 Å². The summed E-state index contributed by atoms with van der Waals surface area (Å²) in [6.45, 7) is 18.1. The van der Waals surface area contributed by atoms with E-state index in [4.69, 9.17) is 17.0 Å². The van der Waals surface area contributed by atoms with E-state index in [9.17, 15) is 0 Å². The molecular formula is C56H72Cl2SiZr. The van der Waals surface area contributed by atoms with E-state index in [0.717, 1.165) is 21.4 Å². The molecule has 0 spiro atoms. The molecule has 0 unspecified atom stereocenters. The number of fused-ring (bicyclic) bond motifs is 2. The first-order chi connectivity index (χ1) is 28.8. The van der Waals surface area contributed by atoms with Crippen molar-refractivity contribution < 1.29 is 20.8 Å². The van der Waals surface area contributed by atoms with E-state index < -0.39 is 20.8 Å². The summed E-state index contributed by atoms with van der Waals surface area (Å²) in [4.78, 5) is 0. The molecule has 0 amide bonds. The molecule has 0 bridgehead atoms. The first-order valence-electron chi connectivity index (χ1n) is 23.0. The van der Waals surface area contributed by atoms with Crippen molar-refractivity contribution in [3.8, 4) is 22.3 Å². The minimum atomic E-state index is -0.826. The summed E-state index contributed by atoms with van der Waals surface area (Å²) in [6, 6.07) is 43.0. The molecule has 0 aromatic heterocycles. The van der Waals surface area contributed by atoms with Crippen molar-refractivity contribution in [2.24, 2.45) is 11.8 Å². The second-order valence-corrected chi connectivity index (χ2v) is 24.5. The van der Waals surface area contributed by atoms with Crippen molar-refractivity contribution in [1.29, 1.82) is 0 Å². The number of hydrogen-bond acceptors (Lipinski definition) is 0. The topological polar surface area (TPSA) is 0 Å². The molecule has 0 heterocycles. The predicted molar refractivity (Wildman–Crippen MR) is 266 cm³/mol. The van der Waals surface area contributed by atoms with Crippen molar-refractivity contribution in [3.63, 3.8) is 0 Å². The van der Waals surface area contributed by atoms with Crippen molar-refractivity contribution in [2.45, 2.75) is 155 Å². The summed E-state index contributed by atoms with van der Waals surface area (Å²) in [5.74, 6) is 1.80. The molecule has 0 atom stereocenters. The van der Waals surface area contributed by atoms with Crippen LogP contribution in [0.25, 0.3) is 43.8 Å². The molecule has 0 saturated heterocycles. The van der Waals surface area contributed by atoms with Gasteiger partial charge in [0.25, 0.3) is 0 Å². The molecule has 2 radical (unpaired) electrons. The molecule has 0 N–H and O–H groups in total. The van der Waals surface area contributed by atoms with E-state index in [1.807, 2.05) is 0 Å². The third kappa shape index (κ3) is 14.4. The van der Waals surface area contributed by atoms with Gasteiger partial charge in [-0.1, -0.05) is 203 Å². The standard InChI is InChI=1S/2C26H31.C4H10Si.2ClH.Zr/c2*1-26(2,3)23-14-12-21(13-15-23)24-11-7-10-22-17-20(18-25(22)24)16-19-8-5-4-6-9-19;1-3-4-5-2;;;/h2*7,10-15,17-19H,4-6,8-9,16H2,1-3H3;3-4H2,1-2H3;2*1H;/q2*-1;;;;+4/p-2. The Kier molecular flexibility index (Phi) is 19.5. The number of hydrogen-bond donors (Lipinski definition) is 0. The molecule has 2 fully saturated rings. The summed E-state index contributed by atoms with van der Waals surface area (Å²) in [5.41, 5.74) is 11.7. The molecule has 2 aliphatic carbocycles. The second-order valence-electron chi connectivity index (χ2n) is 19.6. The fourth-order valence-electron chi connectivity index (χ4n) is 9.33. The van der Waals surface area contributed by atoms with E-state index >= 15 is 0 Å². The van der Waals surface area contributed by atoms with E-state index in [1.54, 1.807) is 0 Å². The third-order valence-corrected chi connectivity index (χ3v) is 13.7. The zero-order chi connectivity index (χ0) is 43.1. The average Bonchev–Trinajstić information content (AvgIpc) is 3.85. The van der Waals surface area contributed by atoms with Gasteiger partial charge in [0.15, 0.2) is 0 Å². The van der Waals surface area contributed by atoms with Gasteiger partial charge in [-0.2, -0.15) is 12.1 Å². The van der Waals surface area contributed by atoms with Crippen LogP contribution in [0.15, 0.2) is 109 Å². The fraction of sp³-hybridized carbons (Fsp3) is 0.464. The molecule has 318 valence electrons. The summed E-state index contributed by atoms with van der Waals surface area (Å²) in [6.07, 6.45) is 18.1. The molecule has 0 aliphatic heterocycles. The van der Waals surface area contributed by atoms with Crippen LogP contribution in [0.4, 0.5) is 0 Å². The Morgan fingerprint density at radius 1 is 0.567 bits per heavy atom. The Bertz CT molecular complexity index is 1980. The molecule has 2 saturated carbocycles. The van der Waals surface area contributed by atoms with Gasteiger partial charge in [0, 0.05) is 9.52 Å². The minimum absolute atomic E-state index is 0.206. The van der Waals surface area contributed by atoms with Crippen molar-refractivity contribution >= 4 is 48.1 Å². The molecule has 60 heavy (non-hydrogen) atoms. The first kappa shape index (κ1) is 48.8. The van der Waals surface area contributed by atoms with Crippen LogP contribution in [-0.2, 0) is 44.5 Å². The Morgan fingerprint density at radius 3 is 1.23 bits per heavy atom. The van der Waals surface area contributed by atoms with E-state index in [-0.39, 0.29) is 10.8 Å². The Balaban J connectivity index is 0.000000193. The van der Waals surface area contributed by atoms with Gasteiger partial charge >= 0.3 is 37.9 Å². The van der Waals surface area contributed by atoms with Crippen LogP contribution >= 0.6 is 17.0 Å². The van der Waals surface area contributed by atoms with Gasteiger partial charge in [0.1, 0.15) is 0 Å².